The highest BCUT2D eigenvalue weighted by molar-refractivity contribution is 14.0. The van der Waals surface area contributed by atoms with Crippen LogP contribution in [0.25, 0.3) is 0 Å². The zero-order valence-corrected chi connectivity index (χ0v) is 14.1. The summed E-state index contributed by atoms with van der Waals surface area (Å²) in [4.78, 5) is 4.11. The third-order valence-corrected chi connectivity index (χ3v) is 2.51. The van der Waals surface area contributed by atoms with Gasteiger partial charge in [-0.1, -0.05) is 0 Å². The molecule has 0 radical (unpaired) electrons. The molecule has 6 heteroatoms. The molecule has 0 spiro atoms. The van der Waals surface area contributed by atoms with Gasteiger partial charge in [0.2, 0.25) is 0 Å². The van der Waals surface area contributed by atoms with Crippen LogP contribution >= 0.6 is 24.0 Å². The van der Waals surface area contributed by atoms with Gasteiger partial charge in [0.05, 0.1) is 14.2 Å². The Bertz CT molecular complexity index is 411. The monoisotopic (exact) mass is 379 g/mol. The van der Waals surface area contributed by atoms with Crippen molar-refractivity contribution >= 4 is 29.9 Å². The Morgan fingerprint density at radius 2 is 1.95 bits per heavy atom. The van der Waals surface area contributed by atoms with E-state index in [1.807, 2.05) is 25.1 Å². The Morgan fingerprint density at radius 3 is 2.47 bits per heavy atom. The van der Waals surface area contributed by atoms with Crippen LogP contribution < -0.4 is 20.1 Å². The predicted molar refractivity (Wildman–Crippen MR) is 88.8 cm³/mol. The molecule has 0 saturated carbocycles. The summed E-state index contributed by atoms with van der Waals surface area (Å²) in [7, 11) is 5.04. The Hall–Kier alpha value is -1.18. The van der Waals surface area contributed by atoms with Crippen LogP contribution in [0.15, 0.2) is 23.2 Å². The van der Waals surface area contributed by atoms with Gasteiger partial charge in [-0.15, -0.1) is 24.0 Å². The maximum atomic E-state index is 5.33. The normalized spacial score (nSPS) is 10.4. The van der Waals surface area contributed by atoms with Crippen LogP contribution in [-0.4, -0.2) is 33.8 Å². The fourth-order valence-corrected chi connectivity index (χ4v) is 1.56. The van der Waals surface area contributed by atoms with Crippen molar-refractivity contribution in [3.8, 4) is 11.5 Å². The molecule has 108 valence electrons. The maximum absolute atomic E-state index is 5.33. The van der Waals surface area contributed by atoms with Crippen molar-refractivity contribution in [2.45, 2.75) is 13.5 Å². The van der Waals surface area contributed by atoms with E-state index >= 15 is 0 Å². The van der Waals surface area contributed by atoms with E-state index in [-0.39, 0.29) is 24.0 Å². The van der Waals surface area contributed by atoms with Gasteiger partial charge in [-0.25, -0.2) is 0 Å². The molecule has 0 aliphatic rings. The number of hydrogen-bond donors (Lipinski definition) is 2. The van der Waals surface area contributed by atoms with E-state index in [4.69, 9.17) is 9.47 Å². The molecule has 19 heavy (non-hydrogen) atoms. The summed E-state index contributed by atoms with van der Waals surface area (Å²) in [6.45, 7) is 3.51. The second-order valence-electron chi connectivity index (χ2n) is 3.63. The summed E-state index contributed by atoms with van der Waals surface area (Å²) >= 11 is 0. The third-order valence-electron chi connectivity index (χ3n) is 2.51. The van der Waals surface area contributed by atoms with Gasteiger partial charge in [0.15, 0.2) is 5.96 Å². The van der Waals surface area contributed by atoms with Crippen molar-refractivity contribution < 1.29 is 9.47 Å². The molecular weight excluding hydrogens is 357 g/mol. The quantitative estimate of drug-likeness (QED) is 0.467. The Balaban J connectivity index is 0.00000324. The van der Waals surface area contributed by atoms with E-state index in [0.717, 1.165) is 29.6 Å². The number of ether oxygens (including phenoxy) is 2. The van der Waals surface area contributed by atoms with E-state index < -0.39 is 0 Å². The molecule has 0 unspecified atom stereocenters. The molecule has 0 aromatic heterocycles. The number of nitrogens with one attached hydrogen (secondary N) is 2. The fourth-order valence-electron chi connectivity index (χ4n) is 1.56. The van der Waals surface area contributed by atoms with Crippen molar-refractivity contribution in [2.24, 2.45) is 4.99 Å². The Morgan fingerprint density at radius 1 is 1.21 bits per heavy atom. The van der Waals surface area contributed by atoms with Crippen LogP contribution in [0.2, 0.25) is 0 Å². The summed E-state index contributed by atoms with van der Waals surface area (Å²) in [5.41, 5.74) is 1.05. The number of halogens is 1. The van der Waals surface area contributed by atoms with E-state index in [2.05, 4.69) is 15.6 Å². The first kappa shape index (κ1) is 17.8. The molecule has 0 heterocycles. The summed E-state index contributed by atoms with van der Waals surface area (Å²) < 4.78 is 10.5. The number of hydrogen-bond acceptors (Lipinski definition) is 3. The molecule has 1 aromatic carbocycles. The molecule has 0 atom stereocenters. The molecule has 0 aliphatic carbocycles. The minimum absolute atomic E-state index is 0. The number of guanidine groups is 1. The van der Waals surface area contributed by atoms with Crippen molar-refractivity contribution in [1.82, 2.24) is 10.6 Å². The van der Waals surface area contributed by atoms with Crippen molar-refractivity contribution in [3.63, 3.8) is 0 Å². The summed E-state index contributed by atoms with van der Waals surface area (Å²) in [6.07, 6.45) is 0. The van der Waals surface area contributed by atoms with Gasteiger partial charge in [0.1, 0.15) is 11.5 Å². The minimum atomic E-state index is 0. The van der Waals surface area contributed by atoms with Gasteiger partial charge in [0.25, 0.3) is 0 Å². The van der Waals surface area contributed by atoms with Crippen molar-refractivity contribution in [1.29, 1.82) is 0 Å². The van der Waals surface area contributed by atoms with E-state index in [1.165, 1.54) is 0 Å². The molecule has 1 aromatic rings. The first-order valence-corrected chi connectivity index (χ1v) is 5.90. The first-order chi connectivity index (χ1) is 8.74. The first-order valence-electron chi connectivity index (χ1n) is 5.90. The zero-order chi connectivity index (χ0) is 13.4. The lowest BCUT2D eigenvalue weighted by molar-refractivity contribution is 0.390. The van der Waals surface area contributed by atoms with Gasteiger partial charge < -0.3 is 20.1 Å². The number of methoxy groups -OCH3 is 2. The minimum Gasteiger partial charge on any atom is -0.497 e. The van der Waals surface area contributed by atoms with Crippen LogP contribution in [0.1, 0.15) is 12.5 Å². The number of nitrogens with zero attached hydrogens (tertiary/aromatic N) is 1. The van der Waals surface area contributed by atoms with Gasteiger partial charge in [-0.3, -0.25) is 4.99 Å². The highest BCUT2D eigenvalue weighted by Crippen LogP contribution is 2.24. The average Bonchev–Trinajstić information content (AvgIpc) is 2.43. The van der Waals surface area contributed by atoms with Crippen LogP contribution in [0.4, 0.5) is 0 Å². The number of benzene rings is 1. The SMILES string of the molecule is CCNC(=NC)NCc1ccc(OC)cc1OC.I. The van der Waals surface area contributed by atoms with Crippen LogP contribution in [-0.2, 0) is 6.54 Å². The highest BCUT2D eigenvalue weighted by atomic mass is 127. The molecule has 0 amide bonds. The van der Waals surface area contributed by atoms with Crippen LogP contribution in [0.5, 0.6) is 11.5 Å². The molecular formula is C13H22IN3O2. The number of rotatable bonds is 5. The van der Waals surface area contributed by atoms with Gasteiger partial charge in [-0.05, 0) is 19.1 Å². The summed E-state index contributed by atoms with van der Waals surface area (Å²) in [5, 5.41) is 6.35. The predicted octanol–water partition coefficient (Wildman–Crippen LogP) is 2.01. The van der Waals surface area contributed by atoms with Crippen molar-refractivity contribution in [3.05, 3.63) is 23.8 Å². The molecule has 0 aliphatic heterocycles. The lowest BCUT2D eigenvalue weighted by Crippen LogP contribution is -2.36. The van der Waals surface area contributed by atoms with Gasteiger partial charge in [0, 0.05) is 31.8 Å². The third kappa shape index (κ3) is 5.54. The van der Waals surface area contributed by atoms with Crippen molar-refractivity contribution in [2.75, 3.05) is 27.8 Å². The molecule has 0 bridgehead atoms. The second-order valence-corrected chi connectivity index (χ2v) is 3.63. The van der Waals surface area contributed by atoms with E-state index in [9.17, 15) is 0 Å². The molecule has 0 saturated heterocycles. The largest absolute Gasteiger partial charge is 0.497 e. The van der Waals surface area contributed by atoms with Crippen LogP contribution in [0.3, 0.4) is 0 Å². The smallest absolute Gasteiger partial charge is 0.191 e. The molecule has 0 fully saturated rings. The zero-order valence-electron chi connectivity index (χ0n) is 11.8. The lowest BCUT2D eigenvalue weighted by atomic mass is 10.2. The van der Waals surface area contributed by atoms with Gasteiger partial charge in [-0.2, -0.15) is 0 Å². The average molecular weight is 379 g/mol. The van der Waals surface area contributed by atoms with Gasteiger partial charge >= 0.3 is 0 Å². The summed E-state index contributed by atoms with van der Waals surface area (Å²) in [5.74, 6) is 2.36. The molecule has 5 nitrogen and oxygen atoms in total. The van der Waals surface area contributed by atoms with Crippen LogP contribution in [0, 0.1) is 0 Å². The Labute approximate surface area is 131 Å². The second kappa shape index (κ2) is 9.71. The topological polar surface area (TPSA) is 54.9 Å². The number of aliphatic imine (C=N–C) groups is 1. The Kier molecular flexibility index (Phi) is 9.11. The van der Waals surface area contributed by atoms with E-state index in [0.29, 0.717) is 6.54 Å². The molecule has 1 rings (SSSR count). The molecule has 2 N–H and O–H groups in total. The van der Waals surface area contributed by atoms with E-state index in [1.54, 1.807) is 21.3 Å². The maximum Gasteiger partial charge on any atom is 0.191 e. The fraction of sp³-hybridized carbons (Fsp3) is 0.462. The standard InChI is InChI=1S/C13H21N3O2.HI/c1-5-15-13(14-2)16-9-10-6-7-11(17-3)8-12(10)18-4;/h6-8H,5,9H2,1-4H3,(H2,14,15,16);1H. The highest BCUT2D eigenvalue weighted by Gasteiger charge is 2.05. The lowest BCUT2D eigenvalue weighted by Gasteiger charge is -2.13. The summed E-state index contributed by atoms with van der Waals surface area (Å²) in [6, 6.07) is 5.76.